The summed E-state index contributed by atoms with van der Waals surface area (Å²) in [6.45, 7) is 6.06. The minimum Gasteiger partial charge on any atom is -0.508 e. The summed E-state index contributed by atoms with van der Waals surface area (Å²) in [5.74, 6) is 1.42. The largest absolute Gasteiger partial charge is 0.508 e. The number of piperidine rings is 1. The van der Waals surface area contributed by atoms with E-state index in [-0.39, 0.29) is 35.8 Å². The van der Waals surface area contributed by atoms with Crippen LogP contribution in [0.4, 0.5) is 0 Å². The number of aromatic hydroxyl groups is 1. The second kappa shape index (κ2) is 11.0. The molecule has 0 saturated carbocycles. The van der Waals surface area contributed by atoms with Gasteiger partial charge in [0.05, 0.1) is 0 Å². The van der Waals surface area contributed by atoms with Crippen molar-refractivity contribution in [2.24, 2.45) is 10.9 Å². The van der Waals surface area contributed by atoms with Crippen molar-refractivity contribution in [2.75, 3.05) is 20.1 Å². The van der Waals surface area contributed by atoms with E-state index in [9.17, 15) is 9.90 Å². The van der Waals surface area contributed by atoms with Crippen LogP contribution in [-0.4, -0.2) is 48.1 Å². The van der Waals surface area contributed by atoms with Gasteiger partial charge in [0.15, 0.2) is 5.96 Å². The van der Waals surface area contributed by atoms with Crippen molar-refractivity contribution in [1.82, 2.24) is 15.5 Å². The second-order valence-electron chi connectivity index (χ2n) is 8.23. The molecule has 1 aliphatic heterocycles. The molecule has 0 atom stereocenters. The maximum absolute atomic E-state index is 12.1. The minimum atomic E-state index is 0. The highest BCUT2D eigenvalue weighted by atomic mass is 127. The Morgan fingerprint density at radius 2 is 1.93 bits per heavy atom. The zero-order chi connectivity index (χ0) is 20.1. The fourth-order valence-electron chi connectivity index (χ4n) is 4.26. The lowest BCUT2D eigenvalue weighted by atomic mass is 9.88. The van der Waals surface area contributed by atoms with Gasteiger partial charge >= 0.3 is 0 Å². The number of nitrogens with one attached hydrogen (secondary N) is 2. The van der Waals surface area contributed by atoms with Crippen LogP contribution in [-0.2, 0) is 24.2 Å². The summed E-state index contributed by atoms with van der Waals surface area (Å²) in [5, 5.41) is 17.2. The molecule has 7 heteroatoms. The summed E-state index contributed by atoms with van der Waals surface area (Å²) in [5.41, 5.74) is 3.66. The number of aliphatic imine (C=N–C) groups is 1. The molecule has 29 heavy (non-hydrogen) atoms. The Balaban J connectivity index is 0.00000300. The van der Waals surface area contributed by atoms with E-state index >= 15 is 0 Å². The van der Waals surface area contributed by atoms with Gasteiger partial charge in [-0.1, -0.05) is 19.9 Å². The molecule has 1 fully saturated rings. The highest BCUT2D eigenvalue weighted by molar-refractivity contribution is 14.0. The Morgan fingerprint density at radius 3 is 2.59 bits per heavy atom. The van der Waals surface area contributed by atoms with E-state index in [0.717, 1.165) is 50.3 Å². The number of phenols is 1. The summed E-state index contributed by atoms with van der Waals surface area (Å²) in [6, 6.07) is 4.19. The van der Waals surface area contributed by atoms with Crippen LogP contribution in [0.25, 0.3) is 0 Å². The molecule has 0 unspecified atom stereocenters. The zero-order valence-electron chi connectivity index (χ0n) is 17.8. The molecule has 0 aromatic heterocycles. The number of carbonyl (C=O) groups excluding carboxylic acids is 1. The summed E-state index contributed by atoms with van der Waals surface area (Å²) in [7, 11) is 1.77. The molecule has 6 nitrogen and oxygen atoms in total. The Bertz CT molecular complexity index is 728. The molecule has 3 N–H and O–H groups in total. The first-order valence-corrected chi connectivity index (χ1v) is 10.6. The topological polar surface area (TPSA) is 77.0 Å². The first-order chi connectivity index (χ1) is 13.5. The van der Waals surface area contributed by atoms with Gasteiger partial charge in [-0.05, 0) is 55.7 Å². The summed E-state index contributed by atoms with van der Waals surface area (Å²) in [6.07, 6.45) is 6.39. The number of hydrogen-bond acceptors (Lipinski definition) is 3. The summed E-state index contributed by atoms with van der Waals surface area (Å²) in [4.78, 5) is 18.5. The van der Waals surface area contributed by atoms with Gasteiger partial charge in [-0.3, -0.25) is 9.79 Å². The number of amides is 1. The Morgan fingerprint density at radius 1 is 1.24 bits per heavy atom. The quantitative estimate of drug-likeness (QED) is 0.328. The van der Waals surface area contributed by atoms with Crippen molar-refractivity contribution in [2.45, 2.75) is 65.0 Å². The number of aryl methyl sites for hydroxylation is 1. The first kappa shape index (κ1) is 23.8. The average molecular weight is 514 g/mol. The predicted molar refractivity (Wildman–Crippen MR) is 128 cm³/mol. The molecular weight excluding hydrogens is 479 g/mol. The monoisotopic (exact) mass is 514 g/mol. The van der Waals surface area contributed by atoms with Crippen molar-refractivity contribution in [1.29, 1.82) is 0 Å². The maximum Gasteiger partial charge on any atom is 0.225 e. The number of benzene rings is 1. The number of nitrogens with zero attached hydrogens (tertiary/aromatic N) is 2. The van der Waals surface area contributed by atoms with Gasteiger partial charge in [-0.2, -0.15) is 0 Å². The van der Waals surface area contributed by atoms with Gasteiger partial charge in [0.25, 0.3) is 0 Å². The fourth-order valence-corrected chi connectivity index (χ4v) is 4.26. The van der Waals surface area contributed by atoms with Crippen LogP contribution in [0.15, 0.2) is 17.1 Å². The molecule has 1 aromatic carbocycles. The molecule has 2 aliphatic rings. The van der Waals surface area contributed by atoms with Gasteiger partial charge < -0.3 is 20.6 Å². The lowest BCUT2D eigenvalue weighted by molar-refractivity contribution is -0.135. The highest BCUT2D eigenvalue weighted by Crippen LogP contribution is 2.30. The van der Waals surface area contributed by atoms with Crippen LogP contribution in [0.2, 0.25) is 0 Å². The van der Waals surface area contributed by atoms with Gasteiger partial charge in [0.1, 0.15) is 5.75 Å². The number of guanidine groups is 1. The van der Waals surface area contributed by atoms with Crippen LogP contribution < -0.4 is 10.6 Å². The number of carbonyl (C=O) groups is 1. The third-order valence-corrected chi connectivity index (χ3v) is 5.92. The van der Waals surface area contributed by atoms with Crippen molar-refractivity contribution in [3.63, 3.8) is 0 Å². The molecule has 3 rings (SSSR count). The van der Waals surface area contributed by atoms with E-state index in [4.69, 9.17) is 0 Å². The molecule has 1 heterocycles. The van der Waals surface area contributed by atoms with E-state index in [1.165, 1.54) is 24.0 Å². The smallest absolute Gasteiger partial charge is 0.225 e. The van der Waals surface area contributed by atoms with Crippen LogP contribution in [0, 0.1) is 5.92 Å². The molecule has 0 spiro atoms. The molecule has 1 aromatic rings. The van der Waals surface area contributed by atoms with Gasteiger partial charge in [0, 0.05) is 44.2 Å². The van der Waals surface area contributed by atoms with Gasteiger partial charge in [0.2, 0.25) is 5.91 Å². The molecule has 0 bridgehead atoms. The molecular formula is C22H35IN4O2. The normalized spacial score (nSPS) is 17.5. The van der Waals surface area contributed by atoms with Crippen molar-refractivity contribution in [3.8, 4) is 5.75 Å². The van der Waals surface area contributed by atoms with E-state index in [1.54, 1.807) is 7.05 Å². The molecule has 0 radical (unpaired) electrons. The Labute approximate surface area is 191 Å². The molecule has 1 saturated heterocycles. The van der Waals surface area contributed by atoms with Crippen molar-refractivity contribution >= 4 is 35.8 Å². The van der Waals surface area contributed by atoms with Crippen LogP contribution in [0.3, 0.4) is 0 Å². The van der Waals surface area contributed by atoms with Crippen molar-refractivity contribution < 1.29 is 9.90 Å². The lowest BCUT2D eigenvalue weighted by Crippen LogP contribution is -2.50. The number of rotatable bonds is 4. The Hall–Kier alpha value is -1.51. The van der Waals surface area contributed by atoms with E-state index in [0.29, 0.717) is 18.3 Å². The van der Waals surface area contributed by atoms with Gasteiger partial charge in [-0.15, -0.1) is 24.0 Å². The number of fused-ring (bicyclic) bond motifs is 1. The third-order valence-electron chi connectivity index (χ3n) is 5.92. The van der Waals surface area contributed by atoms with Crippen LogP contribution >= 0.6 is 24.0 Å². The zero-order valence-corrected chi connectivity index (χ0v) is 20.2. The lowest BCUT2D eigenvalue weighted by Gasteiger charge is -2.34. The number of phenolic OH excluding ortho intramolecular Hbond substituents is 1. The van der Waals surface area contributed by atoms with Crippen molar-refractivity contribution in [3.05, 3.63) is 28.8 Å². The summed E-state index contributed by atoms with van der Waals surface area (Å²) < 4.78 is 0. The highest BCUT2D eigenvalue weighted by Gasteiger charge is 2.25. The van der Waals surface area contributed by atoms with E-state index in [1.807, 2.05) is 24.8 Å². The number of hydrogen-bond donors (Lipinski definition) is 3. The van der Waals surface area contributed by atoms with Crippen LogP contribution in [0.1, 0.15) is 56.2 Å². The Kier molecular flexibility index (Phi) is 9.04. The minimum absolute atomic E-state index is 0. The SMILES string of the molecule is CN=C(NCc1c(O)ccc2c1CCCC2)NC1CCN(C(=O)C(C)C)CC1.I. The number of halogens is 1. The van der Waals surface area contributed by atoms with Crippen LogP contribution in [0.5, 0.6) is 5.75 Å². The number of likely N-dealkylation sites (tertiary alicyclic amines) is 1. The predicted octanol–water partition coefficient (Wildman–Crippen LogP) is 3.20. The third kappa shape index (κ3) is 5.99. The standard InChI is InChI=1S/C22H34N4O2.HI/c1-15(2)21(28)26-12-10-17(11-13-26)25-22(23-3)24-14-19-18-7-5-4-6-16(18)8-9-20(19)27;/h8-9,15,17,27H,4-7,10-14H2,1-3H3,(H2,23,24,25);1H. The maximum atomic E-state index is 12.1. The average Bonchev–Trinajstić information content (AvgIpc) is 2.72. The molecule has 162 valence electrons. The molecule has 1 aliphatic carbocycles. The van der Waals surface area contributed by atoms with E-state index in [2.05, 4.69) is 21.7 Å². The fraction of sp³-hybridized carbons (Fsp3) is 0.636. The summed E-state index contributed by atoms with van der Waals surface area (Å²) >= 11 is 0. The molecule has 1 amide bonds. The van der Waals surface area contributed by atoms with Gasteiger partial charge in [-0.25, -0.2) is 0 Å². The first-order valence-electron chi connectivity index (χ1n) is 10.6. The van der Waals surface area contributed by atoms with E-state index < -0.39 is 0 Å². The second-order valence-corrected chi connectivity index (χ2v) is 8.23.